The van der Waals surface area contributed by atoms with Gasteiger partial charge in [-0.1, -0.05) is 0 Å². The summed E-state index contributed by atoms with van der Waals surface area (Å²) in [5.74, 6) is 0.311. The number of nitrogens with two attached hydrogens (primary N) is 1. The topological polar surface area (TPSA) is 75.8 Å². The van der Waals surface area contributed by atoms with E-state index in [4.69, 9.17) is 10.5 Å². The van der Waals surface area contributed by atoms with Crippen LogP contribution in [0.1, 0.15) is 23.2 Å². The zero-order valence-electron chi connectivity index (χ0n) is 10.4. The summed E-state index contributed by atoms with van der Waals surface area (Å²) in [6.07, 6.45) is 1.89. The molecule has 1 heterocycles. The van der Waals surface area contributed by atoms with Crippen molar-refractivity contribution in [3.63, 3.8) is 0 Å². The van der Waals surface area contributed by atoms with E-state index in [0.29, 0.717) is 24.4 Å². The Labute approximate surface area is 106 Å². The number of ether oxygens (including phenoxy) is 1. The first kappa shape index (κ1) is 12.7. The van der Waals surface area contributed by atoms with E-state index in [1.165, 1.54) is 13.2 Å². The lowest BCUT2D eigenvalue weighted by atomic mass is 10.1. The molecule has 1 saturated heterocycles. The van der Waals surface area contributed by atoms with E-state index in [-0.39, 0.29) is 17.7 Å². The summed E-state index contributed by atoms with van der Waals surface area (Å²) in [4.78, 5) is 14.0. The number of hydrogen-bond acceptors (Lipinski definition) is 4. The molecule has 1 aromatic carbocycles. The molecule has 18 heavy (non-hydrogen) atoms. The van der Waals surface area contributed by atoms with Gasteiger partial charge in [-0.2, -0.15) is 0 Å². The lowest BCUT2D eigenvalue weighted by Gasteiger charge is -2.23. The Bertz CT molecular complexity index is 448. The van der Waals surface area contributed by atoms with Crippen LogP contribution in [0, 0.1) is 0 Å². The number of benzene rings is 1. The Morgan fingerprint density at radius 1 is 1.61 bits per heavy atom. The van der Waals surface area contributed by atoms with Crippen LogP contribution < -0.4 is 10.5 Å². The number of nitrogens with zero attached hydrogens (tertiary/aromatic N) is 1. The standard InChI is InChI=1S/C13H18N2O3/c1-18-10-4-5-11(12(16)7-10)13(17)15-6-2-3-9(15)8-14/h4-5,7,9,16H,2-3,6,8,14H2,1H3. The highest BCUT2D eigenvalue weighted by atomic mass is 16.5. The van der Waals surface area contributed by atoms with Gasteiger partial charge in [0.1, 0.15) is 11.5 Å². The van der Waals surface area contributed by atoms with Crippen molar-refractivity contribution in [1.29, 1.82) is 0 Å². The van der Waals surface area contributed by atoms with Crippen molar-refractivity contribution in [2.45, 2.75) is 18.9 Å². The third-order valence-electron chi connectivity index (χ3n) is 3.35. The third-order valence-corrected chi connectivity index (χ3v) is 3.35. The fraction of sp³-hybridized carbons (Fsp3) is 0.462. The first-order chi connectivity index (χ1) is 8.67. The van der Waals surface area contributed by atoms with Crippen molar-refractivity contribution in [3.05, 3.63) is 23.8 Å². The molecular formula is C13H18N2O3. The van der Waals surface area contributed by atoms with Gasteiger partial charge in [0.15, 0.2) is 0 Å². The number of carbonyl (C=O) groups excluding carboxylic acids is 1. The van der Waals surface area contributed by atoms with Gasteiger partial charge in [0.25, 0.3) is 5.91 Å². The summed E-state index contributed by atoms with van der Waals surface area (Å²) in [7, 11) is 1.52. The van der Waals surface area contributed by atoms with Crippen LogP contribution in [0.15, 0.2) is 18.2 Å². The molecule has 1 amide bonds. The van der Waals surface area contributed by atoms with Crippen molar-refractivity contribution < 1.29 is 14.6 Å². The van der Waals surface area contributed by atoms with Crippen molar-refractivity contribution >= 4 is 5.91 Å². The molecular weight excluding hydrogens is 232 g/mol. The largest absolute Gasteiger partial charge is 0.507 e. The Morgan fingerprint density at radius 2 is 2.39 bits per heavy atom. The molecule has 5 heteroatoms. The molecule has 1 unspecified atom stereocenters. The van der Waals surface area contributed by atoms with Gasteiger partial charge in [0, 0.05) is 25.2 Å². The molecule has 2 rings (SSSR count). The van der Waals surface area contributed by atoms with E-state index in [0.717, 1.165) is 12.8 Å². The summed E-state index contributed by atoms with van der Waals surface area (Å²) < 4.78 is 4.99. The number of phenols is 1. The molecule has 1 aromatic rings. The van der Waals surface area contributed by atoms with Crippen molar-refractivity contribution in [3.8, 4) is 11.5 Å². The van der Waals surface area contributed by atoms with Gasteiger partial charge in [-0.05, 0) is 25.0 Å². The van der Waals surface area contributed by atoms with Gasteiger partial charge in [-0.15, -0.1) is 0 Å². The normalized spacial score (nSPS) is 19.0. The van der Waals surface area contributed by atoms with Crippen LogP contribution in [0.3, 0.4) is 0 Å². The number of carbonyl (C=O) groups is 1. The van der Waals surface area contributed by atoms with Crippen LogP contribution in [-0.4, -0.2) is 42.2 Å². The second-order valence-corrected chi connectivity index (χ2v) is 4.41. The summed E-state index contributed by atoms with van der Waals surface area (Å²) in [6, 6.07) is 4.78. The molecule has 0 bridgehead atoms. The molecule has 98 valence electrons. The zero-order chi connectivity index (χ0) is 13.1. The SMILES string of the molecule is COc1ccc(C(=O)N2CCCC2CN)c(O)c1. The molecule has 1 fully saturated rings. The van der Waals surface area contributed by atoms with Gasteiger partial charge in [0.2, 0.25) is 0 Å². The van der Waals surface area contributed by atoms with Crippen LogP contribution in [-0.2, 0) is 0 Å². The number of rotatable bonds is 3. The fourth-order valence-corrected chi connectivity index (χ4v) is 2.32. The first-order valence-corrected chi connectivity index (χ1v) is 6.05. The molecule has 3 N–H and O–H groups in total. The maximum absolute atomic E-state index is 12.3. The lowest BCUT2D eigenvalue weighted by molar-refractivity contribution is 0.0738. The predicted molar refractivity (Wildman–Crippen MR) is 67.8 cm³/mol. The highest BCUT2D eigenvalue weighted by Crippen LogP contribution is 2.27. The van der Waals surface area contributed by atoms with Gasteiger partial charge >= 0.3 is 0 Å². The quantitative estimate of drug-likeness (QED) is 0.838. The number of methoxy groups -OCH3 is 1. The Hall–Kier alpha value is -1.75. The molecule has 0 saturated carbocycles. The van der Waals surface area contributed by atoms with Crippen molar-refractivity contribution in [2.75, 3.05) is 20.2 Å². The average Bonchev–Trinajstić information content (AvgIpc) is 2.86. The average molecular weight is 250 g/mol. The molecule has 0 spiro atoms. The molecule has 0 radical (unpaired) electrons. The second kappa shape index (κ2) is 5.27. The van der Waals surface area contributed by atoms with Crippen LogP contribution >= 0.6 is 0 Å². The van der Waals surface area contributed by atoms with Gasteiger partial charge in [0.05, 0.1) is 12.7 Å². The van der Waals surface area contributed by atoms with Crippen LogP contribution in [0.5, 0.6) is 11.5 Å². The summed E-state index contributed by atoms with van der Waals surface area (Å²) in [6.45, 7) is 1.16. The van der Waals surface area contributed by atoms with E-state index >= 15 is 0 Å². The number of aromatic hydroxyl groups is 1. The molecule has 5 nitrogen and oxygen atoms in total. The summed E-state index contributed by atoms with van der Waals surface area (Å²) in [5, 5.41) is 9.85. The summed E-state index contributed by atoms with van der Waals surface area (Å²) in [5.41, 5.74) is 5.95. The Balaban J connectivity index is 2.23. The summed E-state index contributed by atoms with van der Waals surface area (Å²) >= 11 is 0. The molecule has 0 aliphatic carbocycles. The predicted octanol–water partition coefficient (Wildman–Crippen LogP) is 0.964. The third kappa shape index (κ3) is 2.26. The number of phenolic OH excluding ortho intramolecular Hbond substituents is 1. The van der Waals surface area contributed by atoms with E-state index in [1.54, 1.807) is 17.0 Å². The minimum atomic E-state index is -0.164. The molecule has 1 atom stereocenters. The van der Waals surface area contributed by atoms with E-state index in [2.05, 4.69) is 0 Å². The monoisotopic (exact) mass is 250 g/mol. The van der Waals surface area contributed by atoms with Crippen LogP contribution in [0.2, 0.25) is 0 Å². The second-order valence-electron chi connectivity index (χ2n) is 4.41. The maximum Gasteiger partial charge on any atom is 0.257 e. The molecule has 1 aliphatic heterocycles. The van der Waals surface area contributed by atoms with Crippen molar-refractivity contribution in [2.24, 2.45) is 5.73 Å². The van der Waals surface area contributed by atoms with Gasteiger partial charge in [-0.3, -0.25) is 4.79 Å². The number of hydrogen-bond donors (Lipinski definition) is 2. The zero-order valence-corrected chi connectivity index (χ0v) is 10.4. The smallest absolute Gasteiger partial charge is 0.257 e. The number of likely N-dealkylation sites (tertiary alicyclic amines) is 1. The van der Waals surface area contributed by atoms with Crippen LogP contribution in [0.25, 0.3) is 0 Å². The maximum atomic E-state index is 12.3. The lowest BCUT2D eigenvalue weighted by Crippen LogP contribution is -2.39. The van der Waals surface area contributed by atoms with E-state index in [1.807, 2.05) is 0 Å². The fourth-order valence-electron chi connectivity index (χ4n) is 2.32. The van der Waals surface area contributed by atoms with Crippen molar-refractivity contribution in [1.82, 2.24) is 4.90 Å². The van der Waals surface area contributed by atoms with E-state index < -0.39 is 0 Å². The Morgan fingerprint density at radius 3 is 3.00 bits per heavy atom. The Kier molecular flexibility index (Phi) is 3.72. The minimum Gasteiger partial charge on any atom is -0.507 e. The minimum absolute atomic E-state index is 0.0537. The molecule has 0 aromatic heterocycles. The molecule has 1 aliphatic rings. The highest BCUT2D eigenvalue weighted by molar-refractivity contribution is 5.97. The first-order valence-electron chi connectivity index (χ1n) is 6.05. The van der Waals surface area contributed by atoms with Crippen LogP contribution in [0.4, 0.5) is 0 Å². The highest BCUT2D eigenvalue weighted by Gasteiger charge is 2.29. The van der Waals surface area contributed by atoms with Gasteiger partial charge < -0.3 is 20.5 Å². The van der Waals surface area contributed by atoms with Gasteiger partial charge in [-0.25, -0.2) is 0 Å². The number of amides is 1. The van der Waals surface area contributed by atoms with E-state index in [9.17, 15) is 9.90 Å².